The summed E-state index contributed by atoms with van der Waals surface area (Å²) in [6.07, 6.45) is 2.29. The van der Waals surface area contributed by atoms with E-state index in [-0.39, 0.29) is 6.03 Å². The highest BCUT2D eigenvalue weighted by Gasteiger charge is 2.16. The van der Waals surface area contributed by atoms with Crippen LogP contribution in [0.3, 0.4) is 0 Å². The number of carbonyl (C=O) groups excluding carboxylic acids is 1. The molecule has 0 fully saturated rings. The first-order valence-corrected chi connectivity index (χ1v) is 9.45. The van der Waals surface area contributed by atoms with Crippen LogP contribution in [0.25, 0.3) is 0 Å². The molecular weight excluding hydrogens is 326 g/mol. The number of hydrogen-bond acceptors (Lipinski definition) is 3. The molecule has 0 bridgehead atoms. The predicted molar refractivity (Wildman–Crippen MR) is 104 cm³/mol. The van der Waals surface area contributed by atoms with Crippen LogP contribution >= 0.6 is 0 Å². The Balaban J connectivity index is 1.56. The number of benzene rings is 1. The van der Waals surface area contributed by atoms with E-state index in [0.717, 1.165) is 49.5 Å². The number of aromatic nitrogens is 2. The molecule has 0 spiro atoms. The minimum Gasteiger partial charge on any atom is -0.332 e. The quantitative estimate of drug-likeness (QED) is 0.864. The normalized spacial score (nSPS) is 14.6. The third-order valence-corrected chi connectivity index (χ3v) is 4.74. The van der Waals surface area contributed by atoms with Crippen LogP contribution in [-0.2, 0) is 19.6 Å². The molecule has 0 saturated heterocycles. The van der Waals surface area contributed by atoms with Gasteiger partial charge in [-0.1, -0.05) is 24.6 Å². The number of fused-ring (bicyclic) bond motifs is 1. The van der Waals surface area contributed by atoms with Crippen molar-refractivity contribution in [3.05, 3.63) is 46.8 Å². The van der Waals surface area contributed by atoms with Crippen LogP contribution in [-0.4, -0.2) is 33.8 Å². The van der Waals surface area contributed by atoms with Gasteiger partial charge >= 0.3 is 6.03 Å². The lowest BCUT2D eigenvalue weighted by atomic mass is 10.1. The Kier molecular flexibility index (Phi) is 5.93. The molecule has 6 nitrogen and oxygen atoms in total. The fraction of sp³-hybridized carbons (Fsp3) is 0.500. The number of nitrogens with one attached hydrogen (secondary N) is 2. The van der Waals surface area contributed by atoms with E-state index < -0.39 is 0 Å². The molecule has 2 amide bonds. The van der Waals surface area contributed by atoms with Crippen molar-refractivity contribution in [1.82, 2.24) is 20.0 Å². The Morgan fingerprint density at radius 3 is 2.85 bits per heavy atom. The van der Waals surface area contributed by atoms with Crippen LogP contribution < -0.4 is 10.6 Å². The van der Waals surface area contributed by atoms with Gasteiger partial charge in [-0.2, -0.15) is 5.10 Å². The molecule has 1 aromatic carbocycles. The van der Waals surface area contributed by atoms with E-state index in [1.54, 1.807) is 0 Å². The summed E-state index contributed by atoms with van der Waals surface area (Å²) in [5.74, 6) is 0. The van der Waals surface area contributed by atoms with Crippen LogP contribution in [0.5, 0.6) is 0 Å². The van der Waals surface area contributed by atoms with Crippen LogP contribution in [0.1, 0.15) is 42.3 Å². The Labute approximate surface area is 155 Å². The number of nitrogens with zero attached hydrogens (tertiary/aromatic N) is 3. The van der Waals surface area contributed by atoms with Gasteiger partial charge in [-0.05, 0) is 50.9 Å². The van der Waals surface area contributed by atoms with Gasteiger partial charge in [-0.3, -0.25) is 9.58 Å². The summed E-state index contributed by atoms with van der Waals surface area (Å²) in [5, 5.41) is 10.5. The first-order chi connectivity index (χ1) is 12.5. The molecule has 3 rings (SSSR count). The first-order valence-electron chi connectivity index (χ1n) is 9.45. The van der Waals surface area contributed by atoms with Crippen LogP contribution in [0.2, 0.25) is 0 Å². The molecule has 2 N–H and O–H groups in total. The predicted octanol–water partition coefficient (Wildman–Crippen LogP) is 3.44. The topological polar surface area (TPSA) is 62.2 Å². The monoisotopic (exact) mass is 355 g/mol. The molecule has 1 aliphatic heterocycles. The Bertz CT molecular complexity index is 768. The SMILES string of the molecule is CCCN1CCCn2nc(CNC(=O)Nc3ccc(C)cc3C)cc2C1. The zero-order valence-electron chi connectivity index (χ0n) is 16.0. The highest BCUT2D eigenvalue weighted by molar-refractivity contribution is 5.90. The summed E-state index contributed by atoms with van der Waals surface area (Å²) in [7, 11) is 0. The standard InChI is InChI=1S/C20H29N5O/c1-4-8-24-9-5-10-25-18(14-24)12-17(23-25)13-21-20(26)22-19-7-6-15(2)11-16(19)3/h6-7,11-12H,4-5,8-10,13-14H2,1-3H3,(H2,21,22,26). The average molecular weight is 355 g/mol. The van der Waals surface area contributed by atoms with Crippen molar-refractivity contribution in [3.8, 4) is 0 Å². The summed E-state index contributed by atoms with van der Waals surface area (Å²) in [6.45, 7) is 10.8. The summed E-state index contributed by atoms with van der Waals surface area (Å²) in [4.78, 5) is 14.7. The van der Waals surface area contributed by atoms with Crippen LogP contribution in [0, 0.1) is 13.8 Å². The minimum absolute atomic E-state index is 0.201. The maximum Gasteiger partial charge on any atom is 0.319 e. The number of amides is 2. The van der Waals surface area contributed by atoms with Gasteiger partial charge < -0.3 is 10.6 Å². The van der Waals surface area contributed by atoms with Gasteiger partial charge in [-0.25, -0.2) is 4.79 Å². The molecule has 0 aliphatic carbocycles. The van der Waals surface area contributed by atoms with Crippen molar-refractivity contribution in [1.29, 1.82) is 0 Å². The van der Waals surface area contributed by atoms with Gasteiger partial charge in [0.1, 0.15) is 0 Å². The van der Waals surface area contributed by atoms with Gasteiger partial charge in [0.15, 0.2) is 0 Å². The number of hydrogen-bond donors (Lipinski definition) is 2. The smallest absolute Gasteiger partial charge is 0.319 e. The summed E-state index contributed by atoms with van der Waals surface area (Å²) >= 11 is 0. The fourth-order valence-corrected chi connectivity index (χ4v) is 3.47. The molecule has 2 heterocycles. The van der Waals surface area contributed by atoms with Gasteiger partial charge in [0.25, 0.3) is 0 Å². The lowest BCUT2D eigenvalue weighted by Crippen LogP contribution is -2.28. The van der Waals surface area contributed by atoms with Crippen molar-refractivity contribution in [2.24, 2.45) is 0 Å². The molecule has 26 heavy (non-hydrogen) atoms. The van der Waals surface area contributed by atoms with Crippen molar-refractivity contribution in [2.75, 3.05) is 18.4 Å². The lowest BCUT2D eigenvalue weighted by Gasteiger charge is -2.17. The van der Waals surface area contributed by atoms with E-state index in [9.17, 15) is 4.79 Å². The van der Waals surface area contributed by atoms with E-state index in [1.807, 2.05) is 26.0 Å². The summed E-state index contributed by atoms with van der Waals surface area (Å²) in [6, 6.07) is 7.91. The van der Waals surface area contributed by atoms with E-state index in [1.165, 1.54) is 17.7 Å². The Morgan fingerprint density at radius 1 is 1.23 bits per heavy atom. The Morgan fingerprint density at radius 2 is 2.08 bits per heavy atom. The highest BCUT2D eigenvalue weighted by Crippen LogP contribution is 2.16. The Hall–Kier alpha value is -2.34. The zero-order valence-corrected chi connectivity index (χ0v) is 16.0. The van der Waals surface area contributed by atoms with E-state index in [4.69, 9.17) is 0 Å². The lowest BCUT2D eigenvalue weighted by molar-refractivity contribution is 0.251. The number of urea groups is 1. The number of anilines is 1. The molecule has 0 radical (unpaired) electrons. The van der Waals surface area contributed by atoms with Gasteiger partial charge in [0.2, 0.25) is 0 Å². The molecule has 0 atom stereocenters. The molecule has 1 aromatic heterocycles. The first kappa shape index (κ1) is 18.5. The molecular formula is C20H29N5O. The van der Waals surface area contributed by atoms with Gasteiger partial charge in [-0.15, -0.1) is 0 Å². The molecule has 0 unspecified atom stereocenters. The zero-order chi connectivity index (χ0) is 18.5. The van der Waals surface area contributed by atoms with Gasteiger partial charge in [0, 0.05) is 25.3 Å². The van der Waals surface area contributed by atoms with E-state index in [0.29, 0.717) is 6.54 Å². The van der Waals surface area contributed by atoms with Crippen molar-refractivity contribution < 1.29 is 4.79 Å². The largest absolute Gasteiger partial charge is 0.332 e. The number of rotatable bonds is 5. The summed E-state index contributed by atoms with van der Waals surface area (Å²) in [5.41, 5.74) is 5.23. The summed E-state index contributed by atoms with van der Waals surface area (Å²) < 4.78 is 2.09. The average Bonchev–Trinajstić information content (AvgIpc) is 2.88. The van der Waals surface area contributed by atoms with E-state index >= 15 is 0 Å². The van der Waals surface area contributed by atoms with Crippen molar-refractivity contribution in [3.63, 3.8) is 0 Å². The highest BCUT2D eigenvalue weighted by atomic mass is 16.2. The second-order valence-electron chi connectivity index (χ2n) is 7.11. The maximum absolute atomic E-state index is 12.2. The molecule has 6 heteroatoms. The number of carbonyl (C=O) groups is 1. The third-order valence-electron chi connectivity index (χ3n) is 4.74. The third kappa shape index (κ3) is 4.64. The number of aryl methyl sites for hydroxylation is 3. The molecule has 2 aromatic rings. The van der Waals surface area contributed by atoms with Gasteiger partial charge in [0.05, 0.1) is 17.9 Å². The molecule has 1 aliphatic rings. The van der Waals surface area contributed by atoms with E-state index in [2.05, 4.69) is 44.4 Å². The molecule has 140 valence electrons. The van der Waals surface area contributed by atoms with Crippen LogP contribution in [0.4, 0.5) is 10.5 Å². The van der Waals surface area contributed by atoms with Crippen molar-refractivity contribution in [2.45, 2.75) is 53.2 Å². The molecule has 0 saturated carbocycles. The maximum atomic E-state index is 12.2. The minimum atomic E-state index is -0.201. The van der Waals surface area contributed by atoms with Crippen molar-refractivity contribution >= 4 is 11.7 Å². The second-order valence-corrected chi connectivity index (χ2v) is 7.11. The van der Waals surface area contributed by atoms with Crippen LogP contribution in [0.15, 0.2) is 24.3 Å². The second kappa shape index (κ2) is 8.36. The fourth-order valence-electron chi connectivity index (χ4n) is 3.47.